The molecule has 51 heavy (non-hydrogen) atoms. The van der Waals surface area contributed by atoms with Gasteiger partial charge in [-0.1, -0.05) is 0 Å². The second-order valence-corrected chi connectivity index (χ2v) is 13.2. The van der Waals surface area contributed by atoms with Gasteiger partial charge in [0.15, 0.2) is 25.0 Å². The third kappa shape index (κ3) is 9.12. The van der Waals surface area contributed by atoms with Crippen molar-refractivity contribution in [2.45, 2.75) is 135 Å². The molecule has 3 saturated heterocycles. The van der Waals surface area contributed by atoms with E-state index < -0.39 is 148 Å². The third-order valence-electron chi connectivity index (χ3n) is 9.65. The summed E-state index contributed by atoms with van der Waals surface area (Å²) in [5, 5.41) is 90.2. The van der Waals surface area contributed by atoms with Crippen LogP contribution in [0.4, 0.5) is 4.39 Å². The minimum Gasteiger partial charge on any atom is -0.394 e. The summed E-state index contributed by atoms with van der Waals surface area (Å²) in [6.07, 6.45) is -26.5. The number of halogens is 1. The number of rotatable bonds is 14. The van der Waals surface area contributed by atoms with E-state index in [1.54, 1.807) is 7.05 Å². The van der Waals surface area contributed by atoms with Crippen molar-refractivity contribution in [1.82, 2.24) is 10.6 Å². The largest absolute Gasteiger partial charge is 0.394 e. The highest BCUT2D eigenvalue weighted by Crippen LogP contribution is 2.35. The number of nitrogens with two attached hydrogens (primary N) is 5. The number of hydrogen-bond donors (Lipinski definition) is 15. The van der Waals surface area contributed by atoms with Crippen LogP contribution in [-0.4, -0.2) is 209 Å². The lowest BCUT2D eigenvalue weighted by atomic mass is 9.81. The Kier molecular flexibility index (Phi) is 15.2. The first-order valence-corrected chi connectivity index (χ1v) is 16.7. The fourth-order valence-electron chi connectivity index (χ4n) is 6.58. The Morgan fingerprint density at radius 3 is 2.02 bits per heavy atom. The van der Waals surface area contributed by atoms with Crippen LogP contribution < -0.4 is 39.3 Å². The Morgan fingerprint density at radius 2 is 1.41 bits per heavy atom. The zero-order valence-electron chi connectivity index (χ0n) is 27.9. The summed E-state index contributed by atoms with van der Waals surface area (Å²) in [7, 11) is 1.62. The molecular formula is C28H54FN7O15. The molecule has 1 aliphatic carbocycles. The summed E-state index contributed by atoms with van der Waals surface area (Å²) in [6, 6.07) is -5.54. The summed E-state index contributed by atoms with van der Waals surface area (Å²) in [6.45, 7) is -1.52. The molecule has 4 aliphatic rings. The van der Waals surface area contributed by atoms with Crippen molar-refractivity contribution in [3.05, 3.63) is 0 Å². The van der Waals surface area contributed by atoms with Crippen LogP contribution >= 0.6 is 0 Å². The Bertz CT molecular complexity index is 1110. The molecule has 0 aromatic heterocycles. The molecule has 3 aliphatic heterocycles. The highest BCUT2D eigenvalue weighted by atomic mass is 19.1. The maximum atomic E-state index is 14.0. The summed E-state index contributed by atoms with van der Waals surface area (Å²) < 4.78 is 49.1. The second kappa shape index (κ2) is 18.3. The van der Waals surface area contributed by atoms with Gasteiger partial charge in [-0.2, -0.15) is 0 Å². The number of likely N-dealkylation sites (N-methyl/N-ethyl adjacent to an activating group) is 1. The highest BCUT2D eigenvalue weighted by molar-refractivity contribution is 5.81. The van der Waals surface area contributed by atoms with Gasteiger partial charge >= 0.3 is 0 Å². The van der Waals surface area contributed by atoms with E-state index in [-0.39, 0.29) is 19.5 Å². The molecule has 20 N–H and O–H groups in total. The lowest BCUT2D eigenvalue weighted by Gasteiger charge is -2.49. The monoisotopic (exact) mass is 747 g/mol. The number of aliphatic hydroxyl groups excluding tert-OH is 8. The van der Waals surface area contributed by atoms with E-state index in [9.17, 15) is 50.0 Å². The average Bonchev–Trinajstić information content (AvgIpc) is 3.41. The molecule has 4 rings (SSSR count). The lowest BCUT2D eigenvalue weighted by Crippen LogP contribution is -2.73. The third-order valence-corrected chi connectivity index (χ3v) is 9.65. The molecule has 23 heteroatoms. The van der Waals surface area contributed by atoms with Crippen LogP contribution in [0.1, 0.15) is 6.42 Å². The number of hydrogen-bond acceptors (Lipinski definition) is 21. The molecule has 0 radical (unpaired) electrons. The average molecular weight is 748 g/mol. The fraction of sp³-hybridized carbons (Fsp3) is 0.964. The molecule has 3 heterocycles. The van der Waals surface area contributed by atoms with Gasteiger partial charge in [-0.15, -0.1) is 0 Å². The molecule has 22 nitrogen and oxygen atoms in total. The zero-order valence-corrected chi connectivity index (χ0v) is 27.9. The predicted octanol–water partition coefficient (Wildman–Crippen LogP) is -9.82. The highest BCUT2D eigenvalue weighted by Gasteiger charge is 2.56. The van der Waals surface area contributed by atoms with E-state index >= 15 is 0 Å². The minimum absolute atomic E-state index is 0.0154. The first-order chi connectivity index (χ1) is 24.1. The number of aliphatic hydroxyl groups is 8. The van der Waals surface area contributed by atoms with Crippen molar-refractivity contribution in [1.29, 1.82) is 0 Å². The van der Waals surface area contributed by atoms with Crippen molar-refractivity contribution >= 4 is 5.91 Å². The predicted molar refractivity (Wildman–Crippen MR) is 167 cm³/mol. The van der Waals surface area contributed by atoms with Gasteiger partial charge in [0.2, 0.25) is 0 Å². The summed E-state index contributed by atoms with van der Waals surface area (Å²) >= 11 is 0. The first-order valence-electron chi connectivity index (χ1n) is 16.7. The standard InChI is InChI=1S/C28H54FN7O15/c1-35-5-11-9(38)2-8(32)26(47-11)50-23-13(33)18(41)15(36-25(45)16(39)7(29)3-30)20(43)24(23)51-28-21(44)22(12(6-37)48-28)49-27-14(34)19(42)17(40)10(4-31)46-27/h7-24,26-28,35,37-44H,2-6,30-34H2,1H3,(H,36,45)/t7-,8-,9+,10+,11-,12-,13+,14-,15-,16+,17-,18+,19-,20+,21-,22-,23-,24-,26-,27-,28+/m1/s1. The molecule has 1 saturated carbocycles. The van der Waals surface area contributed by atoms with Gasteiger partial charge in [0.05, 0.1) is 49.1 Å². The number of amides is 1. The van der Waals surface area contributed by atoms with E-state index in [0.29, 0.717) is 0 Å². The van der Waals surface area contributed by atoms with Crippen molar-refractivity contribution in [3.63, 3.8) is 0 Å². The molecule has 4 fully saturated rings. The van der Waals surface area contributed by atoms with Crippen LogP contribution in [0.15, 0.2) is 0 Å². The van der Waals surface area contributed by atoms with Crippen LogP contribution in [0.3, 0.4) is 0 Å². The van der Waals surface area contributed by atoms with Crippen LogP contribution in [0, 0.1) is 0 Å². The van der Waals surface area contributed by atoms with Crippen LogP contribution in [0.25, 0.3) is 0 Å². The molecule has 0 unspecified atom stereocenters. The molecule has 298 valence electrons. The van der Waals surface area contributed by atoms with E-state index in [1.807, 2.05) is 0 Å². The van der Waals surface area contributed by atoms with Crippen LogP contribution in [-0.2, 0) is 33.2 Å². The van der Waals surface area contributed by atoms with E-state index in [0.717, 1.165) is 0 Å². The molecular weight excluding hydrogens is 693 g/mol. The summed E-state index contributed by atoms with van der Waals surface area (Å²) in [4.78, 5) is 12.7. The van der Waals surface area contributed by atoms with Gasteiger partial charge < -0.3 is 109 Å². The molecule has 0 spiro atoms. The second-order valence-electron chi connectivity index (χ2n) is 13.2. The quantitative estimate of drug-likeness (QED) is 0.0784. The summed E-state index contributed by atoms with van der Waals surface area (Å²) in [5.41, 5.74) is 29.4. The Morgan fingerprint density at radius 1 is 0.804 bits per heavy atom. The number of nitrogens with one attached hydrogen (secondary N) is 2. The molecule has 21 atom stereocenters. The number of carbonyl (C=O) groups excluding carboxylic acids is 1. The molecule has 0 aromatic carbocycles. The van der Waals surface area contributed by atoms with Crippen molar-refractivity contribution in [2.24, 2.45) is 28.7 Å². The topological polar surface area (TPSA) is 388 Å². The van der Waals surface area contributed by atoms with Gasteiger partial charge in [-0.25, -0.2) is 4.39 Å². The van der Waals surface area contributed by atoms with E-state index in [1.165, 1.54) is 0 Å². The van der Waals surface area contributed by atoms with Crippen molar-refractivity contribution in [2.75, 3.05) is 33.3 Å². The zero-order chi connectivity index (χ0) is 37.9. The molecule has 0 aromatic rings. The Balaban J connectivity index is 1.60. The van der Waals surface area contributed by atoms with E-state index in [2.05, 4.69) is 10.6 Å². The Hall–Kier alpha value is -1.40. The number of alkyl halides is 1. The van der Waals surface area contributed by atoms with Gasteiger partial charge in [0.25, 0.3) is 5.91 Å². The lowest BCUT2D eigenvalue weighted by molar-refractivity contribution is -0.303. The normalized spacial score (nSPS) is 47.5. The van der Waals surface area contributed by atoms with Gasteiger partial charge in [-0.05, 0) is 13.5 Å². The Labute approximate surface area is 292 Å². The van der Waals surface area contributed by atoms with Crippen molar-refractivity contribution in [3.8, 4) is 0 Å². The van der Waals surface area contributed by atoms with Crippen LogP contribution in [0.2, 0.25) is 0 Å². The number of ether oxygens (including phenoxy) is 6. The number of carbonyl (C=O) groups is 1. The fourth-order valence-corrected chi connectivity index (χ4v) is 6.58. The van der Waals surface area contributed by atoms with Gasteiger partial charge in [0, 0.05) is 19.6 Å². The van der Waals surface area contributed by atoms with Crippen LogP contribution in [0.5, 0.6) is 0 Å². The maximum absolute atomic E-state index is 14.0. The molecule has 0 bridgehead atoms. The van der Waals surface area contributed by atoms with E-state index in [4.69, 9.17) is 57.1 Å². The van der Waals surface area contributed by atoms with Crippen molar-refractivity contribution < 1.29 is 78.5 Å². The maximum Gasteiger partial charge on any atom is 0.252 e. The smallest absolute Gasteiger partial charge is 0.252 e. The van der Waals surface area contributed by atoms with Gasteiger partial charge in [0.1, 0.15) is 61.1 Å². The molecule has 1 amide bonds. The van der Waals surface area contributed by atoms with Gasteiger partial charge in [-0.3, -0.25) is 4.79 Å². The first kappa shape index (κ1) is 42.3. The SMILES string of the molecule is CNC[C@H]1O[C@H](O[C@@H]2[C@@H](N)[C@H](O)[C@@H](NC(=O)[C@@H](O)[C@H](F)CN)[C@H](O)[C@H]2O[C@@H]2O[C@H](CO)[C@@H](O[C@H]3O[C@@H](CN)[C@@H](O)[C@H](O)[C@H]3N)[C@H]2O)[C@H](N)C[C@@H]1O. The minimum atomic E-state index is -2.28. The summed E-state index contributed by atoms with van der Waals surface area (Å²) in [5.74, 6) is -1.35.